The number of aliphatic hydroxyl groups is 3. The first-order valence-corrected chi connectivity index (χ1v) is 19.2. The van der Waals surface area contributed by atoms with Gasteiger partial charge >= 0.3 is 0 Å². The van der Waals surface area contributed by atoms with Gasteiger partial charge in [0.05, 0.1) is 47.7 Å². The number of ether oxygens (including phenoxy) is 3. The van der Waals surface area contributed by atoms with E-state index in [2.05, 4.69) is 0 Å². The Labute approximate surface area is 343 Å². The molecule has 60 heavy (non-hydrogen) atoms. The van der Waals surface area contributed by atoms with E-state index in [0.29, 0.717) is 35.3 Å². The van der Waals surface area contributed by atoms with Crippen LogP contribution in [-0.2, 0) is 20.7 Å². The zero-order chi connectivity index (χ0) is 43.5. The maximum absolute atomic E-state index is 13.6. The Kier molecular flexibility index (Phi) is 11.3. The number of likely N-dealkylation sites (N-methyl/N-ethyl adjacent to an activating group) is 1. The number of aliphatic hydroxyl groups excluding tert-OH is 2. The number of benzene rings is 4. The summed E-state index contributed by atoms with van der Waals surface area (Å²) in [6, 6.07) is 12.5. The van der Waals surface area contributed by atoms with Gasteiger partial charge in [-0.2, -0.15) is 0 Å². The van der Waals surface area contributed by atoms with Gasteiger partial charge in [-0.3, -0.25) is 28.9 Å². The van der Waals surface area contributed by atoms with Crippen molar-refractivity contribution in [3.63, 3.8) is 0 Å². The quantitative estimate of drug-likeness (QED) is 0.0665. The summed E-state index contributed by atoms with van der Waals surface area (Å²) >= 11 is 0. The number of ketones is 3. The molecule has 1 fully saturated rings. The third kappa shape index (κ3) is 7.07. The first-order valence-electron chi connectivity index (χ1n) is 19.2. The fourth-order valence-corrected chi connectivity index (χ4v) is 8.43. The molecule has 2 amide bonds. The molecule has 0 aromatic heterocycles. The summed E-state index contributed by atoms with van der Waals surface area (Å²) in [5, 5.41) is 55.2. The van der Waals surface area contributed by atoms with Gasteiger partial charge in [-0.1, -0.05) is 24.3 Å². The van der Waals surface area contributed by atoms with Gasteiger partial charge in [0.1, 0.15) is 29.5 Å². The fourth-order valence-electron chi connectivity index (χ4n) is 8.43. The van der Waals surface area contributed by atoms with Crippen molar-refractivity contribution in [3.05, 3.63) is 93.0 Å². The van der Waals surface area contributed by atoms with Crippen LogP contribution < -0.4 is 16.2 Å². The van der Waals surface area contributed by atoms with Crippen LogP contribution in [0.1, 0.15) is 89.6 Å². The normalized spacial score (nSPS) is 24.4. The van der Waals surface area contributed by atoms with Crippen molar-refractivity contribution in [3.8, 4) is 17.2 Å². The predicted molar refractivity (Wildman–Crippen MR) is 214 cm³/mol. The fraction of sp³-hybridized carbons (Fsp3) is 0.372. The summed E-state index contributed by atoms with van der Waals surface area (Å²) in [6.07, 6.45) is -5.12. The monoisotopic (exact) mass is 826 g/mol. The Morgan fingerprint density at radius 1 is 0.967 bits per heavy atom. The van der Waals surface area contributed by atoms with Crippen molar-refractivity contribution in [2.75, 3.05) is 46.6 Å². The number of nitrogens with two attached hydrogens (primary N) is 2. The number of carbonyl (C=O) groups is 5. The smallest absolute Gasteiger partial charge is 0.261 e. The number of rotatable bonds is 8. The van der Waals surface area contributed by atoms with Crippen LogP contribution in [0.3, 0.4) is 0 Å². The molecule has 2 aliphatic carbocycles. The lowest BCUT2D eigenvalue weighted by Gasteiger charge is -2.42. The largest absolute Gasteiger partial charge is 0.507 e. The first-order chi connectivity index (χ1) is 28.4. The minimum absolute atomic E-state index is 0.0173. The van der Waals surface area contributed by atoms with Crippen LogP contribution in [0.15, 0.2) is 48.5 Å². The molecule has 1 saturated heterocycles. The zero-order valence-corrected chi connectivity index (χ0v) is 33.3. The van der Waals surface area contributed by atoms with Gasteiger partial charge in [-0.15, -0.1) is 0 Å². The molecule has 9 N–H and O–H groups in total. The molecule has 2 aliphatic heterocycles. The highest BCUT2D eigenvalue weighted by Gasteiger charge is 2.50. The first kappa shape index (κ1) is 42.3. The second kappa shape index (κ2) is 16.0. The van der Waals surface area contributed by atoms with Crippen LogP contribution in [-0.4, -0.2) is 136 Å². The average molecular weight is 827 g/mol. The Morgan fingerprint density at radius 3 is 2.30 bits per heavy atom. The van der Waals surface area contributed by atoms with Crippen molar-refractivity contribution in [2.24, 2.45) is 5.73 Å². The van der Waals surface area contributed by atoms with Gasteiger partial charge in [0.15, 0.2) is 17.9 Å². The average Bonchev–Trinajstić information content (AvgIpc) is 3.21. The molecular formula is C43H46N4O13. The molecule has 4 aromatic carbocycles. The molecule has 6 atom stereocenters. The van der Waals surface area contributed by atoms with Crippen LogP contribution in [0.25, 0.3) is 10.8 Å². The molecule has 0 spiro atoms. The number of hydrogen-bond donors (Lipinski definition) is 7. The van der Waals surface area contributed by atoms with Crippen molar-refractivity contribution in [2.45, 2.75) is 62.4 Å². The van der Waals surface area contributed by atoms with Crippen LogP contribution in [0.2, 0.25) is 0 Å². The summed E-state index contributed by atoms with van der Waals surface area (Å²) in [4.78, 5) is 68.2. The molecule has 2 heterocycles. The number of carbonyl (C=O) groups excluding carboxylic acids is 5. The highest BCUT2D eigenvalue weighted by atomic mass is 16.7. The minimum atomic E-state index is -2.24. The maximum Gasteiger partial charge on any atom is 0.261 e. The highest BCUT2D eigenvalue weighted by Crippen LogP contribution is 2.52. The summed E-state index contributed by atoms with van der Waals surface area (Å²) in [7, 11) is 5.14. The Bertz CT molecular complexity index is 2460. The third-order valence-electron chi connectivity index (χ3n) is 11.5. The van der Waals surface area contributed by atoms with E-state index in [-0.39, 0.29) is 46.2 Å². The summed E-state index contributed by atoms with van der Waals surface area (Å²) in [5.74, 6) is -4.27. The standard InChI is InChI=1S/C27H29NO11.C16H17N3O2/c1-10-22(31)13(28)6-17(38-10)39-15-8-27(36,16(30)9-29)7-12-19(15)26(35)21-20(24(12)33)23(32)11-4-3-5-14(37-2)18(11)25(21)34;1-18(2)6-7-19-15(20)12-5-3-4-10-8-11(17)9-13(14(10)12)16(19)21/h3-5,10,13,15,17,22,29,31,33,35-36H,6-9,28H2,1-2H3;3-5,8-9H,6-7,17H2,1-2H3/t10-,13-,15-,17-,22-,27-;/m0./s1. The Hall–Kier alpha value is -5.79. The van der Waals surface area contributed by atoms with Crippen molar-refractivity contribution >= 4 is 45.6 Å². The molecule has 0 bridgehead atoms. The van der Waals surface area contributed by atoms with Crippen LogP contribution in [0.4, 0.5) is 5.69 Å². The van der Waals surface area contributed by atoms with E-state index in [4.69, 9.17) is 25.7 Å². The number of hydrogen-bond acceptors (Lipinski definition) is 16. The van der Waals surface area contributed by atoms with Crippen molar-refractivity contribution in [1.29, 1.82) is 0 Å². The van der Waals surface area contributed by atoms with Gasteiger partial charge in [-0.05, 0) is 50.7 Å². The number of Topliss-reactive ketones (excluding diaryl/α,β-unsaturated/α-hetero) is 1. The number of anilines is 1. The number of phenols is 2. The Balaban J connectivity index is 0.000000218. The number of nitrogens with zero attached hydrogens (tertiary/aromatic N) is 2. The molecule has 4 aliphatic rings. The lowest BCUT2D eigenvalue weighted by molar-refractivity contribution is -0.247. The van der Waals surface area contributed by atoms with Crippen LogP contribution in [0.5, 0.6) is 17.2 Å². The zero-order valence-electron chi connectivity index (χ0n) is 33.3. The van der Waals surface area contributed by atoms with E-state index in [1.54, 1.807) is 25.1 Å². The SMILES string of the molecule is CN(C)CCN1C(=O)c2cccc3cc(N)cc(c23)C1=O.COc1cccc2c1C(=O)c1c(O)c3c(c(O)c1C2=O)C[C@@](O)(C(=O)CO)C[C@@H]3O[C@H]1C[C@H](N)[C@@H](O)[C@H](C)O1. The molecule has 17 nitrogen and oxygen atoms in total. The summed E-state index contributed by atoms with van der Waals surface area (Å²) in [5.41, 5.74) is 9.86. The van der Waals surface area contributed by atoms with E-state index < -0.39 is 95.7 Å². The van der Waals surface area contributed by atoms with Gasteiger partial charge in [0.25, 0.3) is 11.8 Å². The third-order valence-corrected chi connectivity index (χ3v) is 11.5. The lowest BCUT2D eigenvalue weighted by atomic mass is 9.72. The second-order valence-electron chi connectivity index (χ2n) is 15.7. The lowest BCUT2D eigenvalue weighted by Crippen LogP contribution is -2.53. The predicted octanol–water partition coefficient (Wildman–Crippen LogP) is 1.58. The molecule has 17 heteroatoms. The van der Waals surface area contributed by atoms with Crippen molar-refractivity contribution in [1.82, 2.24) is 9.80 Å². The number of methoxy groups -OCH3 is 1. The number of aromatic hydroxyl groups is 2. The molecule has 0 saturated carbocycles. The molecule has 8 rings (SSSR count). The van der Waals surface area contributed by atoms with Crippen LogP contribution >= 0.6 is 0 Å². The number of nitrogen functional groups attached to an aromatic ring is 1. The summed E-state index contributed by atoms with van der Waals surface area (Å²) in [6.45, 7) is 1.56. The number of fused-ring (bicyclic) bond motifs is 3. The molecule has 0 radical (unpaired) electrons. The Morgan fingerprint density at radius 2 is 1.63 bits per heavy atom. The molecule has 4 aromatic rings. The summed E-state index contributed by atoms with van der Waals surface area (Å²) < 4.78 is 17.0. The number of imide groups is 1. The van der Waals surface area contributed by atoms with Gasteiger partial charge in [0.2, 0.25) is 5.78 Å². The second-order valence-corrected chi connectivity index (χ2v) is 15.7. The van der Waals surface area contributed by atoms with E-state index >= 15 is 0 Å². The van der Waals surface area contributed by atoms with Gasteiger partial charge in [0, 0.05) is 71.7 Å². The van der Waals surface area contributed by atoms with E-state index in [0.717, 1.165) is 5.39 Å². The van der Waals surface area contributed by atoms with Gasteiger partial charge in [-0.25, -0.2) is 0 Å². The molecular weight excluding hydrogens is 780 g/mol. The number of amides is 2. The molecule has 316 valence electrons. The van der Waals surface area contributed by atoms with E-state index in [9.17, 15) is 49.5 Å². The van der Waals surface area contributed by atoms with E-state index in [1.807, 2.05) is 31.1 Å². The number of phenolic OH excluding ortho intramolecular Hbond substituents is 2. The highest BCUT2D eigenvalue weighted by molar-refractivity contribution is 6.31. The van der Waals surface area contributed by atoms with Crippen LogP contribution in [0, 0.1) is 0 Å². The minimum Gasteiger partial charge on any atom is -0.507 e. The maximum atomic E-state index is 13.6. The van der Waals surface area contributed by atoms with Gasteiger partial charge < -0.3 is 56.1 Å². The molecule has 0 unspecified atom stereocenters. The topological polar surface area (TPSA) is 273 Å². The van der Waals surface area contributed by atoms with E-state index in [1.165, 1.54) is 30.2 Å². The van der Waals surface area contributed by atoms with Crippen molar-refractivity contribution < 1.29 is 63.7 Å².